The van der Waals surface area contributed by atoms with Crippen molar-refractivity contribution in [1.29, 1.82) is 0 Å². The molecule has 23 heavy (non-hydrogen) atoms. The summed E-state index contributed by atoms with van der Waals surface area (Å²) in [6, 6.07) is 14.7. The summed E-state index contributed by atoms with van der Waals surface area (Å²) in [7, 11) is 0. The Bertz CT molecular complexity index is 1000. The molecule has 0 spiro atoms. The first-order valence-corrected chi connectivity index (χ1v) is 7.73. The van der Waals surface area contributed by atoms with Crippen LogP contribution in [0.15, 0.2) is 55.0 Å². The largest absolute Gasteiger partial charge is 0.244 e. The second-order valence-corrected chi connectivity index (χ2v) is 6.72. The zero-order chi connectivity index (χ0) is 16.0. The Morgan fingerprint density at radius 1 is 0.913 bits per heavy atom. The number of aromatic nitrogens is 4. The lowest BCUT2D eigenvalue weighted by atomic mass is 10.0. The molecule has 4 heteroatoms. The van der Waals surface area contributed by atoms with Crippen LogP contribution in [0.2, 0.25) is 0 Å². The fourth-order valence-corrected chi connectivity index (χ4v) is 2.96. The van der Waals surface area contributed by atoms with Crippen LogP contribution in [0.5, 0.6) is 0 Å². The second kappa shape index (κ2) is 4.88. The van der Waals surface area contributed by atoms with E-state index in [9.17, 15) is 0 Å². The molecule has 0 saturated heterocycles. The van der Waals surface area contributed by atoms with Crippen LogP contribution in [0.1, 0.15) is 20.8 Å². The van der Waals surface area contributed by atoms with Crippen LogP contribution < -0.4 is 0 Å². The summed E-state index contributed by atoms with van der Waals surface area (Å²) in [4.78, 5) is 8.67. The fraction of sp³-hybridized carbons (Fsp3) is 0.211. The standard InChI is InChI=1S/C19H18N4/c1-19(2,3)23-18-16(11-20-12-21-18)17(22-23)15-10-6-8-13-7-4-5-9-14(13)15/h4-12H,1-3H3. The van der Waals surface area contributed by atoms with Gasteiger partial charge in [-0.2, -0.15) is 5.10 Å². The molecule has 0 aliphatic heterocycles. The summed E-state index contributed by atoms with van der Waals surface area (Å²) < 4.78 is 1.99. The minimum Gasteiger partial charge on any atom is -0.244 e. The zero-order valence-electron chi connectivity index (χ0n) is 13.5. The van der Waals surface area contributed by atoms with E-state index in [2.05, 4.69) is 73.2 Å². The van der Waals surface area contributed by atoms with Gasteiger partial charge in [-0.3, -0.25) is 0 Å². The van der Waals surface area contributed by atoms with E-state index in [1.165, 1.54) is 10.8 Å². The number of nitrogens with zero attached hydrogens (tertiary/aromatic N) is 4. The molecule has 4 rings (SSSR count). The van der Waals surface area contributed by atoms with Crippen molar-refractivity contribution >= 4 is 21.8 Å². The second-order valence-electron chi connectivity index (χ2n) is 6.72. The van der Waals surface area contributed by atoms with Gasteiger partial charge in [-0.1, -0.05) is 42.5 Å². The number of hydrogen-bond donors (Lipinski definition) is 0. The molecule has 2 aromatic carbocycles. The lowest BCUT2D eigenvalue weighted by Gasteiger charge is -2.19. The average molecular weight is 302 g/mol. The van der Waals surface area contributed by atoms with E-state index in [4.69, 9.17) is 5.10 Å². The monoisotopic (exact) mass is 302 g/mol. The molecule has 0 bridgehead atoms. The van der Waals surface area contributed by atoms with Gasteiger partial charge in [0.2, 0.25) is 0 Å². The minimum absolute atomic E-state index is 0.143. The van der Waals surface area contributed by atoms with Crippen molar-refractivity contribution in [3.8, 4) is 11.3 Å². The van der Waals surface area contributed by atoms with Gasteiger partial charge >= 0.3 is 0 Å². The van der Waals surface area contributed by atoms with Crippen LogP contribution >= 0.6 is 0 Å². The molecule has 0 aliphatic rings. The van der Waals surface area contributed by atoms with E-state index in [0.717, 1.165) is 22.3 Å². The molecule has 0 radical (unpaired) electrons. The smallest absolute Gasteiger partial charge is 0.162 e. The quantitative estimate of drug-likeness (QED) is 0.523. The Morgan fingerprint density at radius 3 is 2.52 bits per heavy atom. The van der Waals surface area contributed by atoms with Gasteiger partial charge in [-0.15, -0.1) is 0 Å². The highest BCUT2D eigenvalue weighted by Gasteiger charge is 2.22. The molecule has 0 saturated carbocycles. The van der Waals surface area contributed by atoms with E-state index in [1.54, 1.807) is 6.33 Å². The SMILES string of the molecule is CC(C)(C)n1nc(-c2cccc3ccccc23)c2cncnc21. The molecule has 4 aromatic rings. The highest BCUT2D eigenvalue weighted by atomic mass is 15.3. The third kappa shape index (κ3) is 2.18. The van der Waals surface area contributed by atoms with Crippen molar-refractivity contribution in [3.63, 3.8) is 0 Å². The van der Waals surface area contributed by atoms with E-state index in [1.807, 2.05) is 10.9 Å². The Morgan fingerprint density at radius 2 is 1.70 bits per heavy atom. The maximum Gasteiger partial charge on any atom is 0.162 e. The number of benzene rings is 2. The van der Waals surface area contributed by atoms with Gasteiger partial charge in [-0.25, -0.2) is 14.6 Å². The maximum atomic E-state index is 4.90. The number of fused-ring (bicyclic) bond motifs is 2. The van der Waals surface area contributed by atoms with Crippen molar-refractivity contribution in [2.75, 3.05) is 0 Å². The molecule has 4 nitrogen and oxygen atoms in total. The molecule has 2 heterocycles. The van der Waals surface area contributed by atoms with Crippen LogP contribution in [-0.2, 0) is 5.54 Å². The molecular weight excluding hydrogens is 284 g/mol. The summed E-state index contributed by atoms with van der Waals surface area (Å²) in [5.41, 5.74) is 2.78. The Labute approximate surface area is 134 Å². The maximum absolute atomic E-state index is 4.90. The Hall–Kier alpha value is -2.75. The Balaban J connectivity index is 2.10. The van der Waals surface area contributed by atoms with Crippen LogP contribution in [0.4, 0.5) is 0 Å². The predicted octanol–water partition coefficient (Wildman–Crippen LogP) is 4.40. The number of hydrogen-bond acceptors (Lipinski definition) is 3. The van der Waals surface area contributed by atoms with E-state index < -0.39 is 0 Å². The zero-order valence-corrected chi connectivity index (χ0v) is 13.5. The van der Waals surface area contributed by atoms with Crippen LogP contribution in [-0.4, -0.2) is 19.7 Å². The summed E-state index contributed by atoms with van der Waals surface area (Å²) >= 11 is 0. The van der Waals surface area contributed by atoms with Gasteiger partial charge in [0.25, 0.3) is 0 Å². The molecule has 114 valence electrons. The number of rotatable bonds is 1. The average Bonchev–Trinajstić information content (AvgIpc) is 2.94. The highest BCUT2D eigenvalue weighted by molar-refractivity contribution is 6.02. The third-order valence-corrected chi connectivity index (χ3v) is 4.03. The molecule has 0 atom stereocenters. The van der Waals surface area contributed by atoms with Crippen LogP contribution in [0, 0.1) is 0 Å². The first-order valence-electron chi connectivity index (χ1n) is 7.73. The molecule has 0 unspecified atom stereocenters. The molecule has 0 aliphatic carbocycles. The molecule has 0 fully saturated rings. The van der Waals surface area contributed by atoms with Gasteiger partial charge in [0, 0.05) is 11.8 Å². The summed E-state index contributed by atoms with van der Waals surface area (Å²) in [5, 5.41) is 8.28. The highest BCUT2D eigenvalue weighted by Crippen LogP contribution is 2.33. The van der Waals surface area contributed by atoms with E-state index >= 15 is 0 Å². The van der Waals surface area contributed by atoms with Crippen molar-refractivity contribution in [1.82, 2.24) is 19.7 Å². The minimum atomic E-state index is -0.143. The van der Waals surface area contributed by atoms with Gasteiger partial charge in [0.1, 0.15) is 12.0 Å². The molecule has 0 N–H and O–H groups in total. The lowest BCUT2D eigenvalue weighted by Crippen LogP contribution is -2.23. The third-order valence-electron chi connectivity index (χ3n) is 4.03. The van der Waals surface area contributed by atoms with Crippen LogP contribution in [0.3, 0.4) is 0 Å². The Kier molecular flexibility index (Phi) is 2.94. The molecular formula is C19H18N4. The predicted molar refractivity (Wildman–Crippen MR) is 93.3 cm³/mol. The lowest BCUT2D eigenvalue weighted by molar-refractivity contribution is 0.367. The van der Waals surface area contributed by atoms with Crippen molar-refractivity contribution in [3.05, 3.63) is 55.0 Å². The fourth-order valence-electron chi connectivity index (χ4n) is 2.96. The van der Waals surface area contributed by atoms with E-state index in [-0.39, 0.29) is 5.54 Å². The van der Waals surface area contributed by atoms with Gasteiger partial charge in [0.05, 0.1) is 10.9 Å². The first-order chi connectivity index (χ1) is 11.1. The van der Waals surface area contributed by atoms with Gasteiger partial charge in [-0.05, 0) is 31.5 Å². The summed E-state index contributed by atoms with van der Waals surface area (Å²) in [6.45, 7) is 6.40. The normalized spacial score (nSPS) is 12.1. The van der Waals surface area contributed by atoms with Gasteiger partial charge in [0.15, 0.2) is 5.65 Å². The van der Waals surface area contributed by atoms with Crippen LogP contribution in [0.25, 0.3) is 33.1 Å². The summed E-state index contributed by atoms with van der Waals surface area (Å²) in [6.07, 6.45) is 3.44. The van der Waals surface area contributed by atoms with Crippen molar-refractivity contribution < 1.29 is 0 Å². The molecule has 2 aromatic heterocycles. The van der Waals surface area contributed by atoms with Gasteiger partial charge < -0.3 is 0 Å². The van der Waals surface area contributed by atoms with Crippen molar-refractivity contribution in [2.24, 2.45) is 0 Å². The first kappa shape index (κ1) is 13.9. The summed E-state index contributed by atoms with van der Waals surface area (Å²) in [5.74, 6) is 0. The molecule has 0 amide bonds. The topological polar surface area (TPSA) is 43.6 Å². The van der Waals surface area contributed by atoms with E-state index in [0.29, 0.717) is 0 Å². The van der Waals surface area contributed by atoms with Crippen molar-refractivity contribution in [2.45, 2.75) is 26.3 Å².